The van der Waals surface area contributed by atoms with Crippen LogP contribution in [-0.4, -0.2) is 41.4 Å². The first-order valence-corrected chi connectivity index (χ1v) is 9.89. The van der Waals surface area contributed by atoms with E-state index in [1.54, 1.807) is 17.4 Å². The van der Waals surface area contributed by atoms with Crippen LogP contribution in [0.15, 0.2) is 35.7 Å². The van der Waals surface area contributed by atoms with Crippen LogP contribution in [0.5, 0.6) is 0 Å². The molecule has 3 rings (SSSR count). The third-order valence-corrected chi connectivity index (χ3v) is 4.75. The number of carbonyl (C=O) groups excluding carboxylic acids is 1. The van der Waals surface area contributed by atoms with Gasteiger partial charge in [-0.2, -0.15) is 8.42 Å². The molecule has 0 fully saturated rings. The van der Waals surface area contributed by atoms with Crippen molar-refractivity contribution < 1.29 is 22.3 Å². The van der Waals surface area contributed by atoms with Crippen molar-refractivity contribution >= 4 is 44.9 Å². The zero-order valence-corrected chi connectivity index (χ0v) is 15.4. The first-order valence-electron chi connectivity index (χ1n) is 7.24. The lowest BCUT2D eigenvalue weighted by Gasteiger charge is -2.26. The molecule has 0 atom stereocenters. The second-order valence-electron chi connectivity index (χ2n) is 5.31. The number of nitrogens with zero attached hydrogens (tertiary/aromatic N) is 1. The van der Waals surface area contributed by atoms with Gasteiger partial charge in [0, 0.05) is 18.0 Å². The smallest absolute Gasteiger partial charge is 0.324 e. The molecule has 2 aromatic rings. The van der Waals surface area contributed by atoms with E-state index in [-0.39, 0.29) is 5.91 Å². The molecule has 1 aliphatic heterocycles. The molecule has 1 amide bonds. The van der Waals surface area contributed by atoms with Gasteiger partial charge in [0.2, 0.25) is 5.91 Å². The van der Waals surface area contributed by atoms with Gasteiger partial charge in [0.15, 0.2) is 0 Å². The molecule has 3 N–H and O–H groups in total. The molecule has 25 heavy (non-hydrogen) atoms. The molecule has 10 heteroatoms. The fourth-order valence-electron chi connectivity index (χ4n) is 2.40. The summed E-state index contributed by atoms with van der Waals surface area (Å²) >= 11 is 7.84. The lowest BCUT2D eigenvalue weighted by molar-refractivity contribution is -0.117. The minimum Gasteiger partial charge on any atom is -0.324 e. The summed E-state index contributed by atoms with van der Waals surface area (Å²) in [5.41, 5.74) is 2.03. The van der Waals surface area contributed by atoms with Crippen LogP contribution in [-0.2, 0) is 28.2 Å². The molecule has 0 saturated heterocycles. The minimum atomic E-state index is -4.67. The van der Waals surface area contributed by atoms with Crippen LogP contribution in [0.25, 0.3) is 0 Å². The van der Waals surface area contributed by atoms with Crippen molar-refractivity contribution in [1.82, 2.24) is 4.90 Å². The Kier molecular flexibility index (Phi) is 6.94. The number of rotatable bonds is 3. The second kappa shape index (κ2) is 8.75. The first-order chi connectivity index (χ1) is 11.7. The predicted molar refractivity (Wildman–Crippen MR) is 97.6 cm³/mol. The Morgan fingerprint density at radius 2 is 1.96 bits per heavy atom. The molecule has 136 valence electrons. The van der Waals surface area contributed by atoms with Gasteiger partial charge in [0.25, 0.3) is 0 Å². The van der Waals surface area contributed by atoms with Crippen LogP contribution in [0.2, 0.25) is 5.02 Å². The Labute approximate surface area is 154 Å². The largest absolute Gasteiger partial charge is 0.394 e. The van der Waals surface area contributed by atoms with Crippen LogP contribution in [0.1, 0.15) is 10.4 Å². The van der Waals surface area contributed by atoms with Crippen LogP contribution in [0, 0.1) is 0 Å². The molecule has 0 saturated carbocycles. The molecule has 0 unspecified atom stereocenters. The van der Waals surface area contributed by atoms with E-state index in [2.05, 4.69) is 21.7 Å². The van der Waals surface area contributed by atoms with Gasteiger partial charge in [-0.1, -0.05) is 23.7 Å². The van der Waals surface area contributed by atoms with Gasteiger partial charge >= 0.3 is 10.4 Å². The zero-order chi connectivity index (χ0) is 18.4. The number of carbonyl (C=O) groups is 1. The van der Waals surface area contributed by atoms with Crippen LogP contribution >= 0.6 is 22.9 Å². The van der Waals surface area contributed by atoms with Gasteiger partial charge in [0.05, 0.1) is 17.3 Å². The van der Waals surface area contributed by atoms with Gasteiger partial charge in [-0.25, -0.2) is 0 Å². The Morgan fingerprint density at radius 3 is 2.64 bits per heavy atom. The van der Waals surface area contributed by atoms with Crippen molar-refractivity contribution in [3.8, 4) is 0 Å². The molecule has 0 spiro atoms. The van der Waals surface area contributed by atoms with E-state index in [9.17, 15) is 4.79 Å². The van der Waals surface area contributed by atoms with Crippen molar-refractivity contribution in [3.63, 3.8) is 0 Å². The van der Waals surface area contributed by atoms with E-state index < -0.39 is 10.4 Å². The van der Waals surface area contributed by atoms with Crippen LogP contribution in [0.4, 0.5) is 5.69 Å². The molecule has 0 aliphatic carbocycles. The van der Waals surface area contributed by atoms with E-state index in [1.165, 1.54) is 10.4 Å². The highest BCUT2D eigenvalue weighted by atomic mass is 35.5. The fourth-order valence-corrected chi connectivity index (χ4v) is 3.47. The lowest BCUT2D eigenvalue weighted by Crippen LogP contribution is -2.36. The van der Waals surface area contributed by atoms with E-state index in [0.717, 1.165) is 19.5 Å². The summed E-state index contributed by atoms with van der Waals surface area (Å²) in [5, 5.41) is 5.56. The Balaban J connectivity index is 0.000000399. The maximum absolute atomic E-state index is 12.1. The van der Waals surface area contributed by atoms with Gasteiger partial charge in [-0.3, -0.25) is 18.8 Å². The normalized spacial score (nSPS) is 14.2. The Morgan fingerprint density at radius 1 is 1.28 bits per heavy atom. The van der Waals surface area contributed by atoms with E-state index in [4.69, 9.17) is 29.1 Å². The standard InChI is InChI=1S/C15H15ClN2OS.H2O4S/c16-12-3-1-2-4-13(12)17-15(19)10-18-7-5-14-11(9-18)6-8-20-14;1-5(2,3)4/h1-4,6,8H,5,7,9-10H2,(H,17,19);(H2,1,2,3,4). The maximum Gasteiger partial charge on any atom is 0.394 e. The highest BCUT2D eigenvalue weighted by Crippen LogP contribution is 2.24. The lowest BCUT2D eigenvalue weighted by atomic mass is 10.1. The molecule has 2 heterocycles. The average Bonchev–Trinajstić information content (AvgIpc) is 2.95. The fraction of sp³-hybridized carbons (Fsp3) is 0.267. The number of nitrogens with one attached hydrogen (secondary N) is 1. The zero-order valence-electron chi connectivity index (χ0n) is 13.1. The average molecular weight is 405 g/mol. The highest BCUT2D eigenvalue weighted by Gasteiger charge is 2.19. The van der Waals surface area contributed by atoms with Crippen molar-refractivity contribution in [1.29, 1.82) is 0 Å². The van der Waals surface area contributed by atoms with Crippen LogP contribution < -0.4 is 5.32 Å². The van der Waals surface area contributed by atoms with Crippen molar-refractivity contribution in [2.45, 2.75) is 13.0 Å². The number of amides is 1. The molecule has 7 nitrogen and oxygen atoms in total. The molecule has 0 bridgehead atoms. The number of fused-ring (bicyclic) bond motifs is 1. The molecule has 1 aromatic heterocycles. The summed E-state index contributed by atoms with van der Waals surface area (Å²) in [6, 6.07) is 9.45. The molecular formula is C15H17ClN2O5S2. The Bertz CT molecular complexity index is 830. The summed E-state index contributed by atoms with van der Waals surface area (Å²) in [6.07, 6.45) is 1.03. The summed E-state index contributed by atoms with van der Waals surface area (Å²) in [4.78, 5) is 15.7. The Hall–Kier alpha value is -1.49. The molecule has 0 radical (unpaired) electrons. The van der Waals surface area contributed by atoms with Gasteiger partial charge in [-0.05, 0) is 35.6 Å². The van der Waals surface area contributed by atoms with E-state index >= 15 is 0 Å². The summed E-state index contributed by atoms with van der Waals surface area (Å²) < 4.78 is 31.6. The number of halogens is 1. The summed E-state index contributed by atoms with van der Waals surface area (Å²) in [7, 11) is -4.67. The molecule has 1 aliphatic rings. The number of thiophene rings is 1. The van der Waals surface area contributed by atoms with Crippen molar-refractivity contribution in [3.05, 3.63) is 51.2 Å². The monoisotopic (exact) mass is 404 g/mol. The predicted octanol–water partition coefficient (Wildman–Crippen LogP) is 2.75. The van der Waals surface area contributed by atoms with Gasteiger partial charge in [0.1, 0.15) is 0 Å². The first kappa shape index (κ1) is 19.8. The number of hydrogen-bond donors (Lipinski definition) is 3. The second-order valence-corrected chi connectivity index (χ2v) is 7.61. The van der Waals surface area contributed by atoms with E-state index in [0.29, 0.717) is 17.3 Å². The summed E-state index contributed by atoms with van der Waals surface area (Å²) in [6.45, 7) is 2.19. The third kappa shape index (κ3) is 7.10. The number of anilines is 1. The molecular weight excluding hydrogens is 388 g/mol. The topological polar surface area (TPSA) is 107 Å². The highest BCUT2D eigenvalue weighted by molar-refractivity contribution is 7.79. The molecule has 1 aromatic carbocycles. The number of benzene rings is 1. The maximum atomic E-state index is 12.1. The minimum absolute atomic E-state index is 0.0169. The number of hydrogen-bond acceptors (Lipinski definition) is 5. The SMILES string of the molecule is O=C(CN1CCc2sccc2C1)Nc1ccccc1Cl.O=S(=O)(O)O. The summed E-state index contributed by atoms with van der Waals surface area (Å²) in [5.74, 6) is -0.0169. The van der Waals surface area contributed by atoms with Crippen molar-refractivity contribution in [2.75, 3.05) is 18.4 Å². The van der Waals surface area contributed by atoms with Crippen LogP contribution in [0.3, 0.4) is 0 Å². The van der Waals surface area contributed by atoms with Gasteiger partial charge in [-0.15, -0.1) is 11.3 Å². The van der Waals surface area contributed by atoms with Crippen molar-refractivity contribution in [2.24, 2.45) is 0 Å². The quantitative estimate of drug-likeness (QED) is 0.679. The third-order valence-electron chi connectivity index (χ3n) is 3.40. The van der Waals surface area contributed by atoms with E-state index in [1.807, 2.05) is 18.2 Å². The number of para-hydroxylation sites is 1. The van der Waals surface area contributed by atoms with Gasteiger partial charge < -0.3 is 5.32 Å².